The standard InChI is InChI=1S/C8H13BrO2/c1-6(10)8(9)5-3-2-4-7(8)11/h7,11H,2-5H2,1H3/t7-,8-/m1/s1. The van der Waals surface area contributed by atoms with Crippen molar-refractivity contribution >= 4 is 21.7 Å². The molecular formula is C8H13BrO2. The Morgan fingerprint density at radius 2 is 2.27 bits per heavy atom. The molecular weight excluding hydrogens is 208 g/mol. The quantitative estimate of drug-likeness (QED) is 0.683. The molecule has 1 aliphatic rings. The number of carbonyl (C=O) groups excluding carboxylic acids is 1. The topological polar surface area (TPSA) is 37.3 Å². The second-order valence-electron chi connectivity index (χ2n) is 3.18. The lowest BCUT2D eigenvalue weighted by atomic mass is 9.84. The molecule has 0 aromatic rings. The van der Waals surface area contributed by atoms with Crippen LogP contribution < -0.4 is 0 Å². The van der Waals surface area contributed by atoms with Gasteiger partial charge >= 0.3 is 0 Å². The number of carbonyl (C=O) groups is 1. The zero-order valence-electron chi connectivity index (χ0n) is 6.64. The van der Waals surface area contributed by atoms with Crippen LogP contribution in [0.2, 0.25) is 0 Å². The van der Waals surface area contributed by atoms with Crippen molar-refractivity contribution < 1.29 is 9.90 Å². The normalized spacial score (nSPS) is 38.6. The fraction of sp³-hybridized carbons (Fsp3) is 0.875. The van der Waals surface area contributed by atoms with E-state index in [0.717, 1.165) is 25.7 Å². The number of aliphatic hydroxyl groups excluding tert-OH is 1. The van der Waals surface area contributed by atoms with E-state index in [1.807, 2.05) is 0 Å². The zero-order chi connectivity index (χ0) is 8.48. The van der Waals surface area contributed by atoms with Gasteiger partial charge in [0, 0.05) is 0 Å². The van der Waals surface area contributed by atoms with E-state index in [1.54, 1.807) is 0 Å². The third-order valence-electron chi connectivity index (χ3n) is 2.38. The van der Waals surface area contributed by atoms with Crippen molar-refractivity contribution in [2.75, 3.05) is 0 Å². The van der Waals surface area contributed by atoms with Gasteiger partial charge in [0.15, 0.2) is 0 Å². The highest BCUT2D eigenvalue weighted by Gasteiger charge is 2.41. The molecule has 0 bridgehead atoms. The van der Waals surface area contributed by atoms with Gasteiger partial charge in [0.1, 0.15) is 10.1 Å². The molecule has 0 aliphatic heterocycles. The Morgan fingerprint density at radius 3 is 2.64 bits per heavy atom. The summed E-state index contributed by atoms with van der Waals surface area (Å²) in [4.78, 5) is 11.1. The molecule has 1 aliphatic carbocycles. The highest BCUT2D eigenvalue weighted by molar-refractivity contribution is 9.10. The van der Waals surface area contributed by atoms with Gasteiger partial charge in [-0.3, -0.25) is 4.79 Å². The van der Waals surface area contributed by atoms with Crippen molar-refractivity contribution in [3.05, 3.63) is 0 Å². The van der Waals surface area contributed by atoms with E-state index in [0.29, 0.717) is 0 Å². The van der Waals surface area contributed by atoms with Crippen molar-refractivity contribution in [2.24, 2.45) is 0 Å². The predicted octanol–water partition coefficient (Wildman–Crippen LogP) is 1.64. The minimum Gasteiger partial charge on any atom is -0.391 e. The van der Waals surface area contributed by atoms with E-state index < -0.39 is 10.4 Å². The van der Waals surface area contributed by atoms with Crippen LogP contribution in [-0.4, -0.2) is 21.3 Å². The summed E-state index contributed by atoms with van der Waals surface area (Å²) >= 11 is 3.33. The molecule has 1 saturated carbocycles. The molecule has 0 heterocycles. The number of aliphatic hydroxyl groups is 1. The molecule has 0 amide bonds. The first-order valence-corrected chi connectivity index (χ1v) is 4.74. The fourth-order valence-corrected chi connectivity index (χ4v) is 2.04. The maximum Gasteiger partial charge on any atom is 0.149 e. The van der Waals surface area contributed by atoms with Crippen LogP contribution >= 0.6 is 15.9 Å². The molecule has 1 rings (SSSR count). The smallest absolute Gasteiger partial charge is 0.149 e. The minimum atomic E-state index is -0.634. The van der Waals surface area contributed by atoms with E-state index in [-0.39, 0.29) is 5.78 Å². The van der Waals surface area contributed by atoms with Gasteiger partial charge in [-0.1, -0.05) is 28.8 Å². The molecule has 2 atom stereocenters. The van der Waals surface area contributed by atoms with E-state index >= 15 is 0 Å². The zero-order valence-corrected chi connectivity index (χ0v) is 8.23. The predicted molar refractivity (Wildman–Crippen MR) is 46.8 cm³/mol. The molecule has 11 heavy (non-hydrogen) atoms. The largest absolute Gasteiger partial charge is 0.391 e. The van der Waals surface area contributed by atoms with Crippen molar-refractivity contribution in [3.63, 3.8) is 0 Å². The van der Waals surface area contributed by atoms with Crippen molar-refractivity contribution in [1.82, 2.24) is 0 Å². The van der Waals surface area contributed by atoms with E-state index in [9.17, 15) is 9.90 Å². The Labute approximate surface area is 75.1 Å². The SMILES string of the molecule is CC(=O)[C@]1(Br)CCCC[C@H]1O. The maximum absolute atomic E-state index is 11.1. The summed E-state index contributed by atoms with van der Waals surface area (Å²) in [5.74, 6) is 0.0460. The molecule has 1 fully saturated rings. The maximum atomic E-state index is 11.1. The van der Waals surface area contributed by atoms with E-state index in [4.69, 9.17) is 0 Å². The monoisotopic (exact) mass is 220 g/mol. The number of halogens is 1. The number of alkyl halides is 1. The molecule has 0 unspecified atom stereocenters. The van der Waals surface area contributed by atoms with Gasteiger partial charge in [-0.2, -0.15) is 0 Å². The lowest BCUT2D eigenvalue weighted by Crippen LogP contribution is -2.44. The Hall–Kier alpha value is 0.110. The number of hydrogen-bond acceptors (Lipinski definition) is 2. The Morgan fingerprint density at radius 1 is 1.64 bits per heavy atom. The summed E-state index contributed by atoms with van der Waals surface area (Å²) in [6, 6.07) is 0. The van der Waals surface area contributed by atoms with Crippen molar-refractivity contribution in [1.29, 1.82) is 0 Å². The van der Waals surface area contributed by atoms with E-state index in [1.165, 1.54) is 6.92 Å². The summed E-state index contributed by atoms with van der Waals surface area (Å²) in [6.45, 7) is 1.53. The minimum absolute atomic E-state index is 0.0460. The average molecular weight is 221 g/mol. The van der Waals surface area contributed by atoms with Crippen LogP contribution in [0.15, 0.2) is 0 Å². The molecule has 0 spiro atoms. The van der Waals surface area contributed by atoms with Crippen LogP contribution in [0.4, 0.5) is 0 Å². The highest BCUT2D eigenvalue weighted by atomic mass is 79.9. The van der Waals surface area contributed by atoms with Crippen LogP contribution in [0.25, 0.3) is 0 Å². The highest BCUT2D eigenvalue weighted by Crippen LogP contribution is 2.36. The molecule has 0 aromatic carbocycles. The first kappa shape index (κ1) is 9.20. The fourth-order valence-electron chi connectivity index (χ4n) is 1.53. The first-order valence-electron chi connectivity index (χ1n) is 3.95. The third-order valence-corrected chi connectivity index (χ3v) is 3.86. The lowest BCUT2D eigenvalue weighted by molar-refractivity contribution is -0.122. The van der Waals surface area contributed by atoms with Gasteiger partial charge in [0.2, 0.25) is 0 Å². The first-order chi connectivity index (χ1) is 5.07. The van der Waals surface area contributed by atoms with Crippen molar-refractivity contribution in [3.8, 4) is 0 Å². The van der Waals surface area contributed by atoms with Gasteiger partial charge in [-0.25, -0.2) is 0 Å². The van der Waals surface area contributed by atoms with Gasteiger partial charge in [0.25, 0.3) is 0 Å². The third kappa shape index (κ3) is 1.64. The second-order valence-corrected chi connectivity index (χ2v) is 4.60. The number of ketones is 1. The molecule has 0 saturated heterocycles. The van der Waals surface area contributed by atoms with Crippen LogP contribution in [0.1, 0.15) is 32.6 Å². The lowest BCUT2D eigenvalue weighted by Gasteiger charge is -2.34. The summed E-state index contributed by atoms with van der Waals surface area (Å²) in [5.41, 5.74) is 0. The Kier molecular flexibility index (Phi) is 2.70. The van der Waals surface area contributed by atoms with E-state index in [2.05, 4.69) is 15.9 Å². The summed E-state index contributed by atoms with van der Waals surface area (Å²) < 4.78 is -0.634. The van der Waals surface area contributed by atoms with Gasteiger partial charge in [0.05, 0.1) is 6.10 Å². The average Bonchev–Trinajstić information content (AvgIpc) is 1.95. The summed E-state index contributed by atoms with van der Waals surface area (Å²) in [5, 5.41) is 9.53. The van der Waals surface area contributed by atoms with Gasteiger partial charge in [-0.15, -0.1) is 0 Å². The number of hydrogen-bond donors (Lipinski definition) is 1. The molecule has 0 radical (unpaired) electrons. The summed E-state index contributed by atoms with van der Waals surface area (Å²) in [6.07, 6.45) is 3.08. The van der Waals surface area contributed by atoms with Gasteiger partial charge < -0.3 is 5.11 Å². The molecule has 0 aromatic heterocycles. The number of Topliss-reactive ketones (excluding diaryl/α,β-unsaturated/α-hetero) is 1. The molecule has 1 N–H and O–H groups in total. The van der Waals surface area contributed by atoms with Crippen LogP contribution in [0.5, 0.6) is 0 Å². The molecule has 64 valence electrons. The Bertz CT molecular complexity index is 169. The van der Waals surface area contributed by atoms with Crippen LogP contribution in [0, 0.1) is 0 Å². The molecule has 3 heteroatoms. The van der Waals surface area contributed by atoms with Crippen LogP contribution in [0.3, 0.4) is 0 Å². The second kappa shape index (κ2) is 3.23. The number of rotatable bonds is 1. The van der Waals surface area contributed by atoms with Crippen molar-refractivity contribution in [2.45, 2.75) is 43.0 Å². The summed E-state index contributed by atoms with van der Waals surface area (Å²) in [7, 11) is 0. The van der Waals surface area contributed by atoms with Gasteiger partial charge in [-0.05, 0) is 19.8 Å². The molecule has 2 nitrogen and oxygen atoms in total. The van der Waals surface area contributed by atoms with Crippen LogP contribution in [-0.2, 0) is 4.79 Å². The Balaban J connectivity index is 2.72.